The number of likely N-dealkylation sites (tertiary alicyclic amines) is 1. The van der Waals surface area contributed by atoms with Crippen molar-refractivity contribution >= 4 is 11.7 Å². The number of methoxy groups -OCH3 is 1. The van der Waals surface area contributed by atoms with Gasteiger partial charge in [-0.25, -0.2) is 4.79 Å². The first-order chi connectivity index (χ1) is 11.1. The molecule has 0 saturated carbocycles. The Morgan fingerprint density at radius 2 is 2.17 bits per heavy atom. The first-order valence-electron chi connectivity index (χ1n) is 8.18. The van der Waals surface area contributed by atoms with E-state index in [1.165, 1.54) is 0 Å². The standard InChI is InChI=1S/C18H25N3O2/c1-3-10-18(14-23-2)11-4-13-21(18)17(22)20-16-7-5-15(6-8-16)9-12-19/h5-8H,3-4,9-11,13-14H2,1-2H3,(H,20,22)/t18-/m1/s1. The van der Waals surface area contributed by atoms with Crippen LogP contribution >= 0.6 is 0 Å². The lowest BCUT2D eigenvalue weighted by atomic mass is 9.91. The molecule has 2 amide bonds. The summed E-state index contributed by atoms with van der Waals surface area (Å²) in [5.41, 5.74) is 1.52. The van der Waals surface area contributed by atoms with E-state index in [-0.39, 0.29) is 11.6 Å². The van der Waals surface area contributed by atoms with Gasteiger partial charge < -0.3 is 15.0 Å². The Balaban J connectivity index is 2.07. The second-order valence-electron chi connectivity index (χ2n) is 6.12. The minimum Gasteiger partial charge on any atom is -0.382 e. The van der Waals surface area contributed by atoms with Gasteiger partial charge in [-0.2, -0.15) is 5.26 Å². The summed E-state index contributed by atoms with van der Waals surface area (Å²) in [7, 11) is 1.69. The van der Waals surface area contributed by atoms with E-state index in [1.807, 2.05) is 29.2 Å². The van der Waals surface area contributed by atoms with Crippen LogP contribution in [0, 0.1) is 11.3 Å². The summed E-state index contributed by atoms with van der Waals surface area (Å²) >= 11 is 0. The van der Waals surface area contributed by atoms with Gasteiger partial charge in [-0.1, -0.05) is 25.5 Å². The fourth-order valence-electron chi connectivity index (χ4n) is 3.46. The van der Waals surface area contributed by atoms with Crippen LogP contribution in [0.3, 0.4) is 0 Å². The highest BCUT2D eigenvalue weighted by molar-refractivity contribution is 5.90. The zero-order chi connectivity index (χ0) is 16.7. The van der Waals surface area contributed by atoms with E-state index in [4.69, 9.17) is 10.00 Å². The predicted octanol–water partition coefficient (Wildman–Crippen LogP) is 3.57. The fourth-order valence-corrected chi connectivity index (χ4v) is 3.46. The summed E-state index contributed by atoms with van der Waals surface area (Å²) in [6.45, 7) is 3.48. The molecule has 124 valence electrons. The SMILES string of the molecule is CCC[C@]1(COC)CCCN1C(=O)Nc1ccc(CC#N)cc1. The van der Waals surface area contributed by atoms with Gasteiger partial charge in [-0.05, 0) is 37.0 Å². The molecule has 0 spiro atoms. The number of anilines is 1. The molecule has 0 radical (unpaired) electrons. The number of urea groups is 1. The number of nitrogens with one attached hydrogen (secondary N) is 1. The highest BCUT2D eigenvalue weighted by Gasteiger charge is 2.42. The number of nitriles is 1. The molecule has 0 bridgehead atoms. The minimum atomic E-state index is -0.186. The van der Waals surface area contributed by atoms with Gasteiger partial charge in [-0.15, -0.1) is 0 Å². The van der Waals surface area contributed by atoms with Gasteiger partial charge in [0.25, 0.3) is 0 Å². The maximum absolute atomic E-state index is 12.7. The highest BCUT2D eigenvalue weighted by Crippen LogP contribution is 2.34. The molecule has 1 atom stereocenters. The van der Waals surface area contributed by atoms with E-state index < -0.39 is 0 Å². The number of rotatable bonds is 6. The Kier molecular flexibility index (Phi) is 6.00. The van der Waals surface area contributed by atoms with Crippen LogP contribution in [0.25, 0.3) is 0 Å². The Hall–Kier alpha value is -2.06. The smallest absolute Gasteiger partial charge is 0.322 e. The van der Waals surface area contributed by atoms with Crippen molar-refractivity contribution in [3.05, 3.63) is 29.8 Å². The summed E-state index contributed by atoms with van der Waals surface area (Å²) in [6, 6.07) is 9.49. The van der Waals surface area contributed by atoms with Crippen molar-refractivity contribution < 1.29 is 9.53 Å². The number of hydrogen-bond acceptors (Lipinski definition) is 3. The van der Waals surface area contributed by atoms with E-state index in [9.17, 15) is 4.79 Å². The molecule has 1 aromatic carbocycles. The number of ether oxygens (including phenoxy) is 1. The highest BCUT2D eigenvalue weighted by atomic mass is 16.5. The molecule has 0 aromatic heterocycles. The molecule has 1 aromatic rings. The summed E-state index contributed by atoms with van der Waals surface area (Å²) in [4.78, 5) is 14.6. The van der Waals surface area contributed by atoms with E-state index >= 15 is 0 Å². The minimum absolute atomic E-state index is 0.0685. The quantitative estimate of drug-likeness (QED) is 0.873. The Labute approximate surface area is 138 Å². The number of amides is 2. The van der Waals surface area contributed by atoms with Crippen molar-refractivity contribution in [2.75, 3.05) is 25.6 Å². The molecular formula is C18H25N3O2. The van der Waals surface area contributed by atoms with Crippen molar-refractivity contribution in [1.82, 2.24) is 4.90 Å². The molecule has 1 fully saturated rings. The molecular weight excluding hydrogens is 290 g/mol. The third-order valence-corrected chi connectivity index (χ3v) is 4.46. The lowest BCUT2D eigenvalue weighted by Gasteiger charge is -2.38. The van der Waals surface area contributed by atoms with Gasteiger partial charge in [-0.3, -0.25) is 0 Å². The van der Waals surface area contributed by atoms with Crippen LogP contribution in [0.1, 0.15) is 38.2 Å². The molecule has 1 heterocycles. The third-order valence-electron chi connectivity index (χ3n) is 4.46. The first-order valence-corrected chi connectivity index (χ1v) is 8.18. The zero-order valence-corrected chi connectivity index (χ0v) is 14.0. The number of benzene rings is 1. The van der Waals surface area contributed by atoms with Crippen molar-refractivity contribution in [2.45, 2.75) is 44.6 Å². The monoisotopic (exact) mass is 315 g/mol. The summed E-state index contributed by atoms with van der Waals surface area (Å²) in [5, 5.41) is 11.7. The van der Waals surface area contributed by atoms with Gasteiger partial charge in [0.1, 0.15) is 0 Å². The van der Waals surface area contributed by atoms with Crippen LogP contribution in [0.15, 0.2) is 24.3 Å². The molecule has 2 rings (SSSR count). The third kappa shape index (κ3) is 4.02. The molecule has 5 nitrogen and oxygen atoms in total. The topological polar surface area (TPSA) is 65.4 Å². The second kappa shape index (κ2) is 7.98. The molecule has 0 aliphatic carbocycles. The molecule has 1 aliphatic heterocycles. The van der Waals surface area contributed by atoms with Gasteiger partial charge >= 0.3 is 6.03 Å². The van der Waals surface area contributed by atoms with E-state index in [2.05, 4.69) is 18.3 Å². The van der Waals surface area contributed by atoms with E-state index in [0.29, 0.717) is 13.0 Å². The second-order valence-corrected chi connectivity index (χ2v) is 6.12. The summed E-state index contributed by atoms with van der Waals surface area (Å²) in [6.07, 6.45) is 4.36. The lowest BCUT2D eigenvalue weighted by Crippen LogP contribution is -2.51. The number of carbonyl (C=O) groups is 1. The van der Waals surface area contributed by atoms with Gasteiger partial charge in [0.2, 0.25) is 0 Å². The molecule has 0 unspecified atom stereocenters. The Morgan fingerprint density at radius 3 is 2.78 bits per heavy atom. The molecule has 1 saturated heterocycles. The largest absolute Gasteiger partial charge is 0.382 e. The zero-order valence-electron chi connectivity index (χ0n) is 14.0. The van der Waals surface area contributed by atoms with E-state index in [1.54, 1.807) is 7.11 Å². The molecule has 23 heavy (non-hydrogen) atoms. The molecule has 1 N–H and O–H groups in total. The predicted molar refractivity (Wildman–Crippen MR) is 90.2 cm³/mol. The number of nitrogens with zero attached hydrogens (tertiary/aromatic N) is 2. The van der Waals surface area contributed by atoms with Crippen molar-refractivity contribution in [3.63, 3.8) is 0 Å². The lowest BCUT2D eigenvalue weighted by molar-refractivity contribution is 0.0540. The van der Waals surface area contributed by atoms with E-state index in [0.717, 1.165) is 43.5 Å². The van der Waals surface area contributed by atoms with Crippen molar-refractivity contribution in [1.29, 1.82) is 5.26 Å². The number of carbonyl (C=O) groups excluding carboxylic acids is 1. The van der Waals surface area contributed by atoms with Crippen LogP contribution in [-0.4, -0.2) is 36.7 Å². The van der Waals surface area contributed by atoms with Crippen LogP contribution in [0.2, 0.25) is 0 Å². The maximum Gasteiger partial charge on any atom is 0.322 e. The average molecular weight is 315 g/mol. The molecule has 5 heteroatoms. The van der Waals surface area contributed by atoms with Crippen molar-refractivity contribution in [3.8, 4) is 6.07 Å². The van der Waals surface area contributed by atoms with Gasteiger partial charge in [0, 0.05) is 19.3 Å². The normalized spacial score (nSPS) is 20.3. The molecule has 1 aliphatic rings. The summed E-state index contributed by atoms with van der Waals surface area (Å²) in [5.74, 6) is 0. The fraction of sp³-hybridized carbons (Fsp3) is 0.556. The van der Waals surface area contributed by atoms with Crippen molar-refractivity contribution in [2.24, 2.45) is 0 Å². The Bertz CT molecular complexity index is 557. The maximum atomic E-state index is 12.7. The Morgan fingerprint density at radius 1 is 1.43 bits per heavy atom. The van der Waals surface area contributed by atoms with Crippen LogP contribution in [0.4, 0.5) is 10.5 Å². The number of hydrogen-bond donors (Lipinski definition) is 1. The van der Waals surface area contributed by atoms with Gasteiger partial charge in [0.05, 0.1) is 24.6 Å². The van der Waals surface area contributed by atoms with Crippen LogP contribution in [0.5, 0.6) is 0 Å². The first kappa shape index (κ1) is 17.3. The summed E-state index contributed by atoms with van der Waals surface area (Å²) < 4.78 is 5.40. The van der Waals surface area contributed by atoms with Crippen LogP contribution in [-0.2, 0) is 11.2 Å². The average Bonchev–Trinajstić information content (AvgIpc) is 2.94. The van der Waals surface area contributed by atoms with Crippen LogP contribution < -0.4 is 5.32 Å². The van der Waals surface area contributed by atoms with Gasteiger partial charge in [0.15, 0.2) is 0 Å².